The zero-order chi connectivity index (χ0) is 16.5. The molecule has 1 N–H and O–H groups in total. The Bertz CT molecular complexity index is 831. The monoisotopic (exact) mass is 336 g/mol. The van der Waals surface area contributed by atoms with Gasteiger partial charge in [0.25, 0.3) is 0 Å². The predicted molar refractivity (Wildman–Crippen MR) is 96.3 cm³/mol. The molecule has 1 aromatic heterocycles. The molecule has 0 aliphatic heterocycles. The largest absolute Gasteiger partial charge is 0.316 e. The van der Waals surface area contributed by atoms with E-state index in [-0.39, 0.29) is 11.8 Å². The molecule has 0 bridgehead atoms. The Labute approximate surface area is 146 Å². The van der Waals surface area contributed by atoms with Gasteiger partial charge < -0.3 is 5.32 Å². The molecule has 0 saturated carbocycles. The molecule has 1 heterocycles. The molecule has 2 aliphatic carbocycles. The zero-order valence-corrected chi connectivity index (χ0v) is 14.4. The molecule has 4 heteroatoms. The molecule has 0 radical (unpaired) electrons. The second-order valence-electron chi connectivity index (χ2n) is 6.72. The van der Waals surface area contributed by atoms with Gasteiger partial charge in [0.2, 0.25) is 5.91 Å². The van der Waals surface area contributed by atoms with E-state index in [4.69, 9.17) is 0 Å². The highest BCUT2D eigenvalue weighted by molar-refractivity contribution is 7.16. The molecule has 1 unspecified atom stereocenters. The maximum atomic E-state index is 12.7. The molecule has 3 nitrogen and oxygen atoms in total. The molecule has 4 rings (SSSR count). The summed E-state index contributed by atoms with van der Waals surface area (Å²) in [6, 6.07) is 10.7. The number of fused-ring (bicyclic) bond motifs is 2. The van der Waals surface area contributed by atoms with Crippen LogP contribution in [0, 0.1) is 17.2 Å². The second kappa shape index (κ2) is 6.41. The minimum Gasteiger partial charge on any atom is -0.316 e. The van der Waals surface area contributed by atoms with E-state index in [0.29, 0.717) is 5.56 Å². The number of carbonyl (C=O) groups excluding carboxylic acids is 1. The van der Waals surface area contributed by atoms with Crippen molar-refractivity contribution in [1.82, 2.24) is 0 Å². The third kappa shape index (κ3) is 2.74. The molecular weight excluding hydrogens is 316 g/mol. The van der Waals surface area contributed by atoms with Crippen LogP contribution in [0.5, 0.6) is 0 Å². The second-order valence-corrected chi connectivity index (χ2v) is 7.83. The first-order valence-electron chi connectivity index (χ1n) is 8.68. The van der Waals surface area contributed by atoms with Gasteiger partial charge in [-0.1, -0.05) is 24.3 Å². The van der Waals surface area contributed by atoms with Gasteiger partial charge in [-0.3, -0.25) is 4.79 Å². The smallest absolute Gasteiger partial charge is 0.228 e. The summed E-state index contributed by atoms with van der Waals surface area (Å²) in [5, 5.41) is 13.4. The summed E-state index contributed by atoms with van der Waals surface area (Å²) in [6.07, 6.45) is 6.99. The van der Waals surface area contributed by atoms with Gasteiger partial charge in [0.05, 0.1) is 5.56 Å². The van der Waals surface area contributed by atoms with E-state index in [1.807, 2.05) is 6.07 Å². The van der Waals surface area contributed by atoms with Crippen molar-refractivity contribution in [2.45, 2.75) is 44.9 Å². The van der Waals surface area contributed by atoms with Gasteiger partial charge >= 0.3 is 0 Å². The maximum Gasteiger partial charge on any atom is 0.228 e. The number of nitriles is 1. The Balaban J connectivity index is 1.53. The third-order valence-electron chi connectivity index (χ3n) is 5.24. The van der Waals surface area contributed by atoms with Crippen molar-refractivity contribution in [3.05, 3.63) is 51.4 Å². The van der Waals surface area contributed by atoms with Crippen molar-refractivity contribution >= 4 is 22.2 Å². The van der Waals surface area contributed by atoms with Crippen molar-refractivity contribution in [3.8, 4) is 6.07 Å². The highest BCUT2D eigenvalue weighted by Crippen LogP contribution is 2.38. The number of aryl methyl sites for hydroxylation is 2. The van der Waals surface area contributed by atoms with E-state index in [2.05, 4.69) is 29.6 Å². The standard InChI is InChI=1S/C20H20N2OS/c21-12-17-16-7-3-4-8-18(16)24-20(17)22-19(23)15-10-9-13-5-1-2-6-14(13)11-15/h1-2,5-6,15H,3-4,7-11H2,(H,22,23). The molecular formula is C20H20N2OS. The first-order valence-corrected chi connectivity index (χ1v) is 9.50. The van der Waals surface area contributed by atoms with E-state index in [0.717, 1.165) is 43.5 Å². The van der Waals surface area contributed by atoms with Crippen LogP contribution in [0.1, 0.15) is 46.4 Å². The van der Waals surface area contributed by atoms with Gasteiger partial charge in [-0.25, -0.2) is 0 Å². The number of rotatable bonds is 2. The average molecular weight is 336 g/mol. The molecule has 2 aliphatic rings. The predicted octanol–water partition coefficient (Wildman–Crippen LogP) is 4.24. The van der Waals surface area contributed by atoms with Crippen LogP contribution in [0.3, 0.4) is 0 Å². The lowest BCUT2D eigenvalue weighted by atomic mass is 9.83. The molecule has 0 spiro atoms. The number of anilines is 1. The van der Waals surface area contributed by atoms with Crippen LogP contribution in [0.15, 0.2) is 24.3 Å². The van der Waals surface area contributed by atoms with Crippen LogP contribution >= 0.6 is 11.3 Å². The number of hydrogen-bond donors (Lipinski definition) is 1. The summed E-state index contributed by atoms with van der Waals surface area (Å²) in [7, 11) is 0. The number of benzene rings is 1. The molecule has 0 saturated heterocycles. The van der Waals surface area contributed by atoms with Crippen LogP contribution < -0.4 is 5.32 Å². The summed E-state index contributed by atoms with van der Waals surface area (Å²) >= 11 is 1.61. The Hall–Kier alpha value is -2.12. The molecule has 1 aromatic carbocycles. The van der Waals surface area contributed by atoms with Crippen LogP contribution in [0.25, 0.3) is 0 Å². The maximum absolute atomic E-state index is 12.7. The van der Waals surface area contributed by atoms with E-state index in [1.165, 1.54) is 28.0 Å². The van der Waals surface area contributed by atoms with Crippen molar-refractivity contribution in [2.75, 3.05) is 5.32 Å². The van der Waals surface area contributed by atoms with Crippen LogP contribution in [0.4, 0.5) is 5.00 Å². The van der Waals surface area contributed by atoms with Crippen molar-refractivity contribution in [2.24, 2.45) is 5.92 Å². The highest BCUT2D eigenvalue weighted by Gasteiger charge is 2.27. The van der Waals surface area contributed by atoms with E-state index >= 15 is 0 Å². The topological polar surface area (TPSA) is 52.9 Å². The third-order valence-corrected chi connectivity index (χ3v) is 6.44. The van der Waals surface area contributed by atoms with Crippen LogP contribution in [-0.2, 0) is 30.5 Å². The molecule has 122 valence electrons. The molecule has 2 aromatic rings. The first-order chi connectivity index (χ1) is 11.8. The molecule has 1 amide bonds. The number of nitrogens with one attached hydrogen (secondary N) is 1. The normalized spacial score (nSPS) is 19.0. The van der Waals surface area contributed by atoms with Gasteiger partial charge in [0.15, 0.2) is 0 Å². The Morgan fingerprint density at radius 1 is 1.17 bits per heavy atom. The number of hydrogen-bond acceptors (Lipinski definition) is 3. The van der Waals surface area contributed by atoms with Gasteiger partial charge in [0, 0.05) is 10.8 Å². The zero-order valence-electron chi connectivity index (χ0n) is 13.6. The summed E-state index contributed by atoms with van der Waals surface area (Å²) in [6.45, 7) is 0. The lowest BCUT2D eigenvalue weighted by molar-refractivity contribution is -0.120. The van der Waals surface area contributed by atoms with Gasteiger partial charge in [0.1, 0.15) is 11.1 Å². The summed E-state index contributed by atoms with van der Waals surface area (Å²) in [5.41, 5.74) is 4.54. The summed E-state index contributed by atoms with van der Waals surface area (Å²) in [5.74, 6) is 0.0742. The van der Waals surface area contributed by atoms with E-state index in [1.54, 1.807) is 11.3 Å². The van der Waals surface area contributed by atoms with E-state index in [9.17, 15) is 10.1 Å². The minimum absolute atomic E-state index is 0.00516. The molecule has 1 atom stereocenters. The Morgan fingerprint density at radius 2 is 1.96 bits per heavy atom. The van der Waals surface area contributed by atoms with Gasteiger partial charge in [-0.15, -0.1) is 11.3 Å². The van der Waals surface area contributed by atoms with Gasteiger partial charge in [-0.2, -0.15) is 5.26 Å². The fraction of sp³-hybridized carbons (Fsp3) is 0.400. The Morgan fingerprint density at radius 3 is 2.79 bits per heavy atom. The minimum atomic E-state index is 0.00516. The molecule has 0 fully saturated rings. The first kappa shape index (κ1) is 15.4. The van der Waals surface area contributed by atoms with Crippen LogP contribution in [-0.4, -0.2) is 5.91 Å². The average Bonchev–Trinajstić information content (AvgIpc) is 2.98. The lowest BCUT2D eigenvalue weighted by Gasteiger charge is -2.23. The van der Waals surface area contributed by atoms with Crippen molar-refractivity contribution < 1.29 is 4.79 Å². The lowest BCUT2D eigenvalue weighted by Crippen LogP contribution is -2.28. The van der Waals surface area contributed by atoms with Crippen LogP contribution in [0.2, 0.25) is 0 Å². The number of carbonyl (C=O) groups is 1. The van der Waals surface area contributed by atoms with Crippen molar-refractivity contribution in [1.29, 1.82) is 5.26 Å². The number of thiophene rings is 1. The van der Waals surface area contributed by atoms with Crippen molar-refractivity contribution in [3.63, 3.8) is 0 Å². The quantitative estimate of drug-likeness (QED) is 0.891. The van der Waals surface area contributed by atoms with E-state index < -0.39 is 0 Å². The number of nitrogens with zero attached hydrogens (tertiary/aromatic N) is 1. The highest BCUT2D eigenvalue weighted by atomic mass is 32.1. The Kier molecular flexibility index (Phi) is 4.12. The van der Waals surface area contributed by atoms with Gasteiger partial charge in [-0.05, 0) is 61.6 Å². The summed E-state index contributed by atoms with van der Waals surface area (Å²) in [4.78, 5) is 14.0. The fourth-order valence-corrected chi connectivity index (χ4v) is 5.15. The SMILES string of the molecule is N#Cc1c(NC(=O)C2CCc3ccccc3C2)sc2c1CCCC2. The molecule has 24 heavy (non-hydrogen) atoms. The number of amides is 1. The summed E-state index contributed by atoms with van der Waals surface area (Å²) < 4.78 is 0. The fourth-order valence-electron chi connectivity index (χ4n) is 3.91.